The number of aromatic nitrogens is 4. The highest BCUT2D eigenvalue weighted by molar-refractivity contribution is 7.92. The molecule has 0 fully saturated rings. The van der Waals surface area contributed by atoms with Gasteiger partial charge in [0.25, 0.3) is 5.56 Å². The predicted molar refractivity (Wildman–Crippen MR) is 137 cm³/mol. The van der Waals surface area contributed by atoms with Gasteiger partial charge in [0.2, 0.25) is 10.0 Å². The van der Waals surface area contributed by atoms with Gasteiger partial charge in [-0.1, -0.05) is 18.2 Å². The number of anilines is 1. The molecule has 0 amide bonds. The molecule has 3 N–H and O–H groups in total. The highest BCUT2D eigenvalue weighted by atomic mass is 32.2. The van der Waals surface area contributed by atoms with Crippen LogP contribution in [0, 0.1) is 11.6 Å². The second kappa shape index (κ2) is 9.05. The van der Waals surface area contributed by atoms with Crippen LogP contribution in [-0.2, 0) is 23.5 Å². The van der Waals surface area contributed by atoms with E-state index >= 15 is 0 Å². The molecule has 5 aromatic rings. The van der Waals surface area contributed by atoms with E-state index in [-0.39, 0.29) is 18.1 Å². The molecule has 2 aromatic heterocycles. The minimum Gasteiger partial charge on any atom is -0.321 e. The summed E-state index contributed by atoms with van der Waals surface area (Å²) in [6.07, 6.45) is 1.02. The summed E-state index contributed by atoms with van der Waals surface area (Å²) in [7, 11) is -2.00. The van der Waals surface area contributed by atoms with Gasteiger partial charge in [-0.3, -0.25) is 18.8 Å². The molecule has 190 valence electrons. The van der Waals surface area contributed by atoms with Crippen LogP contribution in [0.25, 0.3) is 27.5 Å². The summed E-state index contributed by atoms with van der Waals surface area (Å²) < 4.78 is 56.6. The van der Waals surface area contributed by atoms with Gasteiger partial charge in [-0.15, -0.1) is 0 Å². The van der Waals surface area contributed by atoms with Crippen molar-refractivity contribution in [2.24, 2.45) is 12.8 Å². The van der Waals surface area contributed by atoms with E-state index in [1.165, 1.54) is 21.4 Å². The quantitative estimate of drug-likeness (QED) is 0.352. The number of nitrogens with two attached hydrogens (primary N) is 1. The van der Waals surface area contributed by atoms with E-state index in [0.29, 0.717) is 33.1 Å². The Balaban J connectivity index is 1.76. The largest absolute Gasteiger partial charge is 0.321 e. The zero-order valence-electron chi connectivity index (χ0n) is 19.8. The van der Waals surface area contributed by atoms with Crippen LogP contribution in [0.5, 0.6) is 0 Å². The van der Waals surface area contributed by atoms with Crippen molar-refractivity contribution in [2.45, 2.75) is 12.5 Å². The molecule has 0 radical (unpaired) electrons. The predicted octanol–water partition coefficient (Wildman–Crippen LogP) is 3.16. The third-order valence-electron chi connectivity index (χ3n) is 5.88. The van der Waals surface area contributed by atoms with Crippen molar-refractivity contribution in [1.82, 2.24) is 19.3 Å². The van der Waals surface area contributed by atoms with Crippen LogP contribution in [-0.4, -0.2) is 34.0 Å². The molecule has 1 atom stereocenters. The minimum atomic E-state index is -3.62. The Bertz CT molecular complexity index is 1830. The number of nitrogens with zero attached hydrogens (tertiary/aromatic N) is 4. The molecule has 37 heavy (non-hydrogen) atoms. The third kappa shape index (κ3) is 4.68. The number of rotatable bonds is 6. The number of aryl methyl sites for hydroxylation is 1. The Kier molecular flexibility index (Phi) is 6.00. The number of para-hydroxylation sites is 2. The number of nitrogens with one attached hydrogen (secondary N) is 1. The molecular formula is C25H22F2N6O3S. The standard InChI is InChI=1S/C25H22F2N6O3S/c1-32-22-18(23(30-32)31-37(2,35)36)7-5-9-21(22)33-24(29-20-8-4-3-6-17(20)25(33)34)19(28)12-14-10-15(26)13-16(27)11-14/h3-11,13,19H,12,28H2,1-2H3,(H,30,31)/t19-/m0/s1. The van der Waals surface area contributed by atoms with Gasteiger partial charge >= 0.3 is 0 Å². The molecule has 0 spiro atoms. The second-order valence-corrected chi connectivity index (χ2v) is 10.5. The lowest BCUT2D eigenvalue weighted by atomic mass is 10.0. The maximum atomic E-state index is 13.8. The summed E-state index contributed by atoms with van der Waals surface area (Å²) in [5, 5.41) is 5.08. The number of hydrogen-bond donors (Lipinski definition) is 2. The van der Waals surface area contributed by atoms with Gasteiger partial charge in [0, 0.05) is 18.5 Å². The van der Waals surface area contributed by atoms with E-state index in [1.54, 1.807) is 49.5 Å². The molecule has 0 unspecified atom stereocenters. The zero-order valence-corrected chi connectivity index (χ0v) is 20.6. The molecule has 12 heteroatoms. The average Bonchev–Trinajstić information content (AvgIpc) is 3.12. The van der Waals surface area contributed by atoms with Crippen LogP contribution in [0.3, 0.4) is 0 Å². The van der Waals surface area contributed by atoms with E-state index in [0.717, 1.165) is 12.3 Å². The Morgan fingerprint density at radius 2 is 1.70 bits per heavy atom. The average molecular weight is 525 g/mol. The topological polar surface area (TPSA) is 125 Å². The highest BCUT2D eigenvalue weighted by Gasteiger charge is 2.23. The summed E-state index contributed by atoms with van der Waals surface area (Å²) in [4.78, 5) is 18.5. The molecule has 0 aliphatic carbocycles. The van der Waals surface area contributed by atoms with Crippen LogP contribution >= 0.6 is 0 Å². The van der Waals surface area contributed by atoms with Gasteiger partial charge in [0.05, 0.1) is 34.4 Å². The van der Waals surface area contributed by atoms with Crippen LogP contribution in [0.4, 0.5) is 14.6 Å². The third-order valence-corrected chi connectivity index (χ3v) is 6.44. The number of sulfonamides is 1. The summed E-state index contributed by atoms with van der Waals surface area (Å²) in [6, 6.07) is 14.0. The fourth-order valence-corrected chi connectivity index (χ4v) is 4.96. The Hall–Kier alpha value is -4.16. The van der Waals surface area contributed by atoms with Crippen LogP contribution in [0.1, 0.15) is 17.4 Å². The first-order chi connectivity index (χ1) is 17.5. The molecule has 0 aliphatic heterocycles. The first-order valence-corrected chi connectivity index (χ1v) is 13.1. The van der Waals surface area contributed by atoms with Gasteiger partial charge in [-0.05, 0) is 48.4 Å². The molecule has 3 aromatic carbocycles. The summed E-state index contributed by atoms with van der Waals surface area (Å²) in [6.45, 7) is 0. The molecule has 0 bridgehead atoms. The van der Waals surface area contributed by atoms with Gasteiger partial charge in [-0.2, -0.15) is 5.10 Å². The maximum Gasteiger partial charge on any atom is 0.266 e. The number of hydrogen-bond acceptors (Lipinski definition) is 6. The fraction of sp³-hybridized carbons (Fsp3) is 0.160. The second-order valence-electron chi connectivity index (χ2n) is 8.74. The van der Waals surface area contributed by atoms with Crippen molar-refractivity contribution in [3.05, 3.63) is 94.0 Å². The van der Waals surface area contributed by atoms with Crippen molar-refractivity contribution in [2.75, 3.05) is 11.0 Å². The van der Waals surface area contributed by atoms with E-state index < -0.39 is 33.3 Å². The molecule has 0 saturated heterocycles. The maximum absolute atomic E-state index is 13.8. The van der Waals surface area contributed by atoms with Crippen LogP contribution < -0.4 is 16.0 Å². The van der Waals surface area contributed by atoms with Crippen molar-refractivity contribution < 1.29 is 17.2 Å². The molecular weight excluding hydrogens is 502 g/mol. The molecule has 0 aliphatic rings. The smallest absolute Gasteiger partial charge is 0.266 e. The summed E-state index contributed by atoms with van der Waals surface area (Å²) in [5.74, 6) is -1.21. The van der Waals surface area contributed by atoms with E-state index in [2.05, 4.69) is 14.8 Å². The van der Waals surface area contributed by atoms with Gasteiger partial charge in [0.1, 0.15) is 17.5 Å². The number of halogens is 2. The van der Waals surface area contributed by atoms with Gasteiger partial charge < -0.3 is 5.73 Å². The van der Waals surface area contributed by atoms with Crippen molar-refractivity contribution in [3.8, 4) is 5.69 Å². The van der Waals surface area contributed by atoms with Crippen molar-refractivity contribution in [3.63, 3.8) is 0 Å². The first kappa shape index (κ1) is 24.5. The van der Waals surface area contributed by atoms with E-state index in [9.17, 15) is 22.0 Å². The molecule has 0 saturated carbocycles. The SMILES string of the molecule is Cn1nc(NS(C)(=O)=O)c2cccc(-n3c([C@@H](N)Cc4cc(F)cc(F)c4)nc4ccccc4c3=O)c21. The molecule has 9 nitrogen and oxygen atoms in total. The monoisotopic (exact) mass is 524 g/mol. The van der Waals surface area contributed by atoms with Crippen LogP contribution in [0.15, 0.2) is 65.5 Å². The van der Waals surface area contributed by atoms with Crippen LogP contribution in [0.2, 0.25) is 0 Å². The lowest BCUT2D eigenvalue weighted by molar-refractivity contribution is 0.572. The number of benzene rings is 3. The zero-order chi connectivity index (χ0) is 26.5. The fourth-order valence-electron chi connectivity index (χ4n) is 4.45. The molecule has 5 rings (SSSR count). The highest BCUT2D eigenvalue weighted by Crippen LogP contribution is 2.30. The van der Waals surface area contributed by atoms with E-state index in [4.69, 9.17) is 5.73 Å². The molecule has 2 heterocycles. The Labute approximate surface area is 210 Å². The minimum absolute atomic E-state index is 0.00169. The van der Waals surface area contributed by atoms with Gasteiger partial charge in [-0.25, -0.2) is 22.2 Å². The Morgan fingerprint density at radius 1 is 1.03 bits per heavy atom. The number of fused-ring (bicyclic) bond motifs is 2. The van der Waals surface area contributed by atoms with Gasteiger partial charge in [0.15, 0.2) is 5.82 Å². The normalized spacial score (nSPS) is 12.8. The van der Waals surface area contributed by atoms with E-state index in [1.807, 2.05) is 0 Å². The lowest BCUT2D eigenvalue weighted by Crippen LogP contribution is -2.30. The van der Waals surface area contributed by atoms with Crippen molar-refractivity contribution in [1.29, 1.82) is 0 Å². The summed E-state index contributed by atoms with van der Waals surface area (Å²) >= 11 is 0. The van der Waals surface area contributed by atoms with Crippen molar-refractivity contribution >= 4 is 37.6 Å². The first-order valence-electron chi connectivity index (χ1n) is 11.2. The Morgan fingerprint density at radius 3 is 2.41 bits per heavy atom. The summed E-state index contributed by atoms with van der Waals surface area (Å²) in [5.41, 5.74) is 7.65. The lowest BCUT2D eigenvalue weighted by Gasteiger charge is -2.19.